The van der Waals surface area contributed by atoms with Crippen molar-refractivity contribution < 1.29 is 4.74 Å². The Labute approximate surface area is 91.6 Å². The van der Waals surface area contributed by atoms with Gasteiger partial charge in [0.1, 0.15) is 12.4 Å². The average molecular weight is 208 g/mol. The summed E-state index contributed by atoms with van der Waals surface area (Å²) in [7, 11) is 0. The molecule has 0 radical (unpaired) electrons. The summed E-state index contributed by atoms with van der Waals surface area (Å²) in [5, 5.41) is 0. The molecule has 1 aromatic rings. The highest BCUT2D eigenvalue weighted by molar-refractivity contribution is 5.20. The number of hydrogen-bond acceptors (Lipinski definition) is 3. The zero-order valence-electron chi connectivity index (χ0n) is 9.19. The van der Waals surface area contributed by atoms with Crippen LogP contribution in [0.4, 0.5) is 0 Å². The Bertz CT molecular complexity index is 258. The van der Waals surface area contributed by atoms with Crippen molar-refractivity contribution in [2.24, 2.45) is 0 Å². The first-order chi connectivity index (χ1) is 6.95. The van der Waals surface area contributed by atoms with E-state index >= 15 is 0 Å². The standard InChI is InChI=1S/C12H17NO.H3N/c1-2-6-12(7-3-1)14-11-10-13-8-4-5-9-13;/h1-3,6-7H,4-5,8-11H2;1H3. The van der Waals surface area contributed by atoms with E-state index in [1.165, 1.54) is 25.9 Å². The average Bonchev–Trinajstić information content (AvgIpc) is 2.72. The van der Waals surface area contributed by atoms with Gasteiger partial charge in [-0.25, -0.2) is 0 Å². The van der Waals surface area contributed by atoms with Crippen molar-refractivity contribution in [2.75, 3.05) is 26.2 Å². The van der Waals surface area contributed by atoms with Gasteiger partial charge in [-0.3, -0.25) is 4.90 Å². The van der Waals surface area contributed by atoms with Gasteiger partial charge < -0.3 is 10.9 Å². The van der Waals surface area contributed by atoms with Gasteiger partial charge >= 0.3 is 0 Å². The van der Waals surface area contributed by atoms with Crippen LogP contribution in [0, 0.1) is 0 Å². The van der Waals surface area contributed by atoms with Crippen molar-refractivity contribution in [1.29, 1.82) is 0 Å². The van der Waals surface area contributed by atoms with Crippen LogP contribution < -0.4 is 10.9 Å². The molecule has 1 aromatic carbocycles. The zero-order chi connectivity index (χ0) is 9.64. The molecule has 0 aliphatic carbocycles. The van der Waals surface area contributed by atoms with Gasteiger partial charge in [-0.2, -0.15) is 0 Å². The van der Waals surface area contributed by atoms with E-state index in [1.807, 2.05) is 30.3 Å². The third kappa shape index (κ3) is 3.90. The lowest BCUT2D eigenvalue weighted by Crippen LogP contribution is -2.25. The lowest BCUT2D eigenvalue weighted by Gasteiger charge is -2.14. The molecule has 0 atom stereocenters. The zero-order valence-corrected chi connectivity index (χ0v) is 9.19. The predicted octanol–water partition coefficient (Wildman–Crippen LogP) is 2.32. The Morgan fingerprint density at radius 1 is 1.07 bits per heavy atom. The third-order valence-corrected chi connectivity index (χ3v) is 2.62. The maximum Gasteiger partial charge on any atom is 0.119 e. The summed E-state index contributed by atoms with van der Waals surface area (Å²) >= 11 is 0. The van der Waals surface area contributed by atoms with E-state index in [9.17, 15) is 0 Å². The van der Waals surface area contributed by atoms with Gasteiger partial charge in [0.25, 0.3) is 0 Å². The van der Waals surface area contributed by atoms with E-state index in [-0.39, 0.29) is 6.15 Å². The van der Waals surface area contributed by atoms with Crippen LogP contribution in [0.25, 0.3) is 0 Å². The molecule has 1 fully saturated rings. The minimum absolute atomic E-state index is 0. The molecule has 3 nitrogen and oxygen atoms in total. The van der Waals surface area contributed by atoms with E-state index in [2.05, 4.69) is 4.90 Å². The molecule has 15 heavy (non-hydrogen) atoms. The van der Waals surface area contributed by atoms with Crippen LogP contribution in [0.2, 0.25) is 0 Å². The number of likely N-dealkylation sites (tertiary alicyclic amines) is 1. The van der Waals surface area contributed by atoms with Crippen LogP contribution in [0.1, 0.15) is 12.8 Å². The molecule has 0 aromatic heterocycles. The van der Waals surface area contributed by atoms with Gasteiger partial charge in [-0.1, -0.05) is 18.2 Å². The largest absolute Gasteiger partial charge is 0.492 e. The molecule has 1 aliphatic rings. The Kier molecular flexibility index (Phi) is 5.15. The highest BCUT2D eigenvalue weighted by Gasteiger charge is 2.10. The van der Waals surface area contributed by atoms with Crippen LogP contribution in [-0.4, -0.2) is 31.1 Å². The first-order valence-electron chi connectivity index (χ1n) is 5.35. The Hall–Kier alpha value is -1.06. The molecule has 1 heterocycles. The molecular formula is C12H20N2O. The van der Waals surface area contributed by atoms with Crippen LogP contribution in [0.5, 0.6) is 5.75 Å². The molecule has 1 aliphatic heterocycles. The van der Waals surface area contributed by atoms with Gasteiger partial charge in [0.2, 0.25) is 0 Å². The monoisotopic (exact) mass is 208 g/mol. The third-order valence-electron chi connectivity index (χ3n) is 2.62. The van der Waals surface area contributed by atoms with Crippen molar-refractivity contribution in [3.05, 3.63) is 30.3 Å². The molecule has 3 heteroatoms. The summed E-state index contributed by atoms with van der Waals surface area (Å²) < 4.78 is 5.63. The van der Waals surface area contributed by atoms with Crippen molar-refractivity contribution in [3.63, 3.8) is 0 Å². The second kappa shape index (κ2) is 6.43. The van der Waals surface area contributed by atoms with Gasteiger partial charge in [0.05, 0.1) is 0 Å². The lowest BCUT2D eigenvalue weighted by molar-refractivity contribution is 0.238. The highest BCUT2D eigenvalue weighted by atomic mass is 16.5. The molecule has 2 rings (SSSR count). The number of benzene rings is 1. The summed E-state index contributed by atoms with van der Waals surface area (Å²) in [5.74, 6) is 0.978. The van der Waals surface area contributed by atoms with Crippen molar-refractivity contribution in [2.45, 2.75) is 12.8 Å². The van der Waals surface area contributed by atoms with Crippen LogP contribution in [0.3, 0.4) is 0 Å². The normalized spacial score (nSPS) is 16.0. The molecule has 0 bridgehead atoms. The second-order valence-electron chi connectivity index (χ2n) is 3.71. The van der Waals surface area contributed by atoms with E-state index in [0.29, 0.717) is 0 Å². The molecule has 1 saturated heterocycles. The number of nitrogens with zero attached hydrogens (tertiary/aromatic N) is 1. The SMILES string of the molecule is N.c1ccc(OCCN2CCCC2)cc1. The molecule has 3 N–H and O–H groups in total. The highest BCUT2D eigenvalue weighted by Crippen LogP contribution is 2.09. The predicted molar refractivity (Wildman–Crippen MR) is 62.6 cm³/mol. The smallest absolute Gasteiger partial charge is 0.119 e. The van der Waals surface area contributed by atoms with Crippen molar-refractivity contribution in [3.8, 4) is 5.75 Å². The maximum atomic E-state index is 5.63. The molecule has 84 valence electrons. The van der Waals surface area contributed by atoms with Gasteiger partial charge in [-0.15, -0.1) is 0 Å². The fourth-order valence-corrected chi connectivity index (χ4v) is 1.82. The summed E-state index contributed by atoms with van der Waals surface area (Å²) in [5.41, 5.74) is 0. The Balaban J connectivity index is 0.00000112. The topological polar surface area (TPSA) is 47.5 Å². The van der Waals surface area contributed by atoms with E-state index in [0.717, 1.165) is 18.9 Å². The minimum Gasteiger partial charge on any atom is -0.492 e. The summed E-state index contributed by atoms with van der Waals surface area (Å²) in [4.78, 5) is 2.46. The first-order valence-corrected chi connectivity index (χ1v) is 5.35. The van der Waals surface area contributed by atoms with Gasteiger partial charge in [0, 0.05) is 6.54 Å². The molecule has 0 amide bonds. The molecular weight excluding hydrogens is 188 g/mol. The van der Waals surface area contributed by atoms with Crippen LogP contribution >= 0.6 is 0 Å². The molecule has 0 unspecified atom stereocenters. The summed E-state index contributed by atoms with van der Waals surface area (Å²) in [6.45, 7) is 4.37. The summed E-state index contributed by atoms with van der Waals surface area (Å²) in [6, 6.07) is 10.0. The first kappa shape index (κ1) is 12.0. The van der Waals surface area contributed by atoms with Crippen molar-refractivity contribution >= 4 is 0 Å². The minimum atomic E-state index is 0. The lowest BCUT2D eigenvalue weighted by atomic mass is 10.3. The molecule has 0 spiro atoms. The van der Waals surface area contributed by atoms with Crippen LogP contribution in [-0.2, 0) is 0 Å². The molecule has 0 saturated carbocycles. The Morgan fingerprint density at radius 2 is 1.73 bits per heavy atom. The number of hydrogen-bond donors (Lipinski definition) is 1. The maximum absolute atomic E-state index is 5.63. The van der Waals surface area contributed by atoms with Crippen molar-refractivity contribution in [1.82, 2.24) is 11.1 Å². The summed E-state index contributed by atoms with van der Waals surface area (Å²) in [6.07, 6.45) is 2.71. The Morgan fingerprint density at radius 3 is 2.40 bits per heavy atom. The van der Waals surface area contributed by atoms with Gasteiger partial charge in [-0.05, 0) is 38.1 Å². The van der Waals surface area contributed by atoms with E-state index in [4.69, 9.17) is 4.74 Å². The van der Waals surface area contributed by atoms with Crippen LogP contribution in [0.15, 0.2) is 30.3 Å². The van der Waals surface area contributed by atoms with Gasteiger partial charge in [0.15, 0.2) is 0 Å². The number of para-hydroxylation sites is 1. The second-order valence-corrected chi connectivity index (χ2v) is 3.71. The number of ether oxygens (including phenoxy) is 1. The quantitative estimate of drug-likeness (QED) is 0.826. The fourth-order valence-electron chi connectivity index (χ4n) is 1.82. The number of rotatable bonds is 4. The fraction of sp³-hybridized carbons (Fsp3) is 0.500. The van der Waals surface area contributed by atoms with E-state index < -0.39 is 0 Å². The van der Waals surface area contributed by atoms with E-state index in [1.54, 1.807) is 0 Å².